The lowest BCUT2D eigenvalue weighted by Gasteiger charge is -2.23. The number of esters is 1. The van der Waals surface area contributed by atoms with Crippen LogP contribution in [-0.4, -0.2) is 30.8 Å². The molecular formula is C13H13ClO4. The highest BCUT2D eigenvalue weighted by atomic mass is 35.5. The van der Waals surface area contributed by atoms with Crippen LogP contribution in [0.3, 0.4) is 0 Å². The van der Waals surface area contributed by atoms with Gasteiger partial charge in [-0.05, 0) is 36.6 Å². The molecule has 0 saturated heterocycles. The van der Waals surface area contributed by atoms with Gasteiger partial charge in [-0.2, -0.15) is 0 Å². The summed E-state index contributed by atoms with van der Waals surface area (Å²) in [6.45, 7) is 0. The van der Waals surface area contributed by atoms with Gasteiger partial charge in [0, 0.05) is 5.56 Å². The highest BCUT2D eigenvalue weighted by Gasteiger charge is 2.30. The van der Waals surface area contributed by atoms with Gasteiger partial charge in [-0.15, -0.1) is 11.6 Å². The maximum atomic E-state index is 12.1. The van der Waals surface area contributed by atoms with E-state index in [1.807, 2.05) is 6.07 Å². The SMILES string of the molecule is COc1ccc2c(c1)CCC(OC(=O)CCl)C2=O. The summed E-state index contributed by atoms with van der Waals surface area (Å²) in [4.78, 5) is 23.2. The predicted octanol–water partition coefficient (Wildman–Crippen LogP) is 1.97. The zero-order valence-electron chi connectivity index (χ0n) is 9.94. The number of aryl methyl sites for hydroxylation is 1. The molecule has 0 N–H and O–H groups in total. The second-order valence-electron chi connectivity index (χ2n) is 4.04. The number of benzene rings is 1. The molecule has 0 fully saturated rings. The number of carbonyl (C=O) groups is 2. The largest absolute Gasteiger partial charge is 0.497 e. The fourth-order valence-corrected chi connectivity index (χ4v) is 2.10. The van der Waals surface area contributed by atoms with E-state index in [-0.39, 0.29) is 11.7 Å². The van der Waals surface area contributed by atoms with Crippen LogP contribution < -0.4 is 4.74 Å². The van der Waals surface area contributed by atoms with Gasteiger partial charge in [0.15, 0.2) is 6.10 Å². The Hall–Kier alpha value is -1.55. The normalized spacial score (nSPS) is 18.1. The van der Waals surface area contributed by atoms with Crippen LogP contribution in [0, 0.1) is 0 Å². The summed E-state index contributed by atoms with van der Waals surface area (Å²) < 4.78 is 10.1. The maximum Gasteiger partial charge on any atom is 0.321 e. The third kappa shape index (κ3) is 2.48. The van der Waals surface area contributed by atoms with Gasteiger partial charge in [-0.25, -0.2) is 0 Å². The average Bonchev–Trinajstić information content (AvgIpc) is 2.41. The van der Waals surface area contributed by atoms with Crippen molar-refractivity contribution in [3.05, 3.63) is 29.3 Å². The van der Waals surface area contributed by atoms with Crippen molar-refractivity contribution < 1.29 is 19.1 Å². The van der Waals surface area contributed by atoms with Gasteiger partial charge < -0.3 is 9.47 Å². The molecule has 0 amide bonds. The zero-order chi connectivity index (χ0) is 13.1. The summed E-state index contributed by atoms with van der Waals surface area (Å²) in [6.07, 6.45) is 0.456. The van der Waals surface area contributed by atoms with E-state index in [1.165, 1.54) is 0 Å². The number of methoxy groups -OCH3 is 1. The van der Waals surface area contributed by atoms with Crippen molar-refractivity contribution in [1.82, 2.24) is 0 Å². The molecule has 0 aromatic heterocycles. The fraction of sp³-hybridized carbons (Fsp3) is 0.385. The molecule has 96 valence electrons. The second kappa shape index (κ2) is 5.40. The Morgan fingerprint density at radius 3 is 2.94 bits per heavy atom. The van der Waals surface area contributed by atoms with E-state index < -0.39 is 12.1 Å². The van der Waals surface area contributed by atoms with Crippen LogP contribution in [-0.2, 0) is 16.0 Å². The van der Waals surface area contributed by atoms with Crippen LogP contribution in [0.1, 0.15) is 22.3 Å². The molecule has 2 rings (SSSR count). The Kier molecular flexibility index (Phi) is 3.87. The van der Waals surface area contributed by atoms with E-state index in [4.69, 9.17) is 21.1 Å². The second-order valence-corrected chi connectivity index (χ2v) is 4.31. The molecule has 4 nitrogen and oxygen atoms in total. The first-order chi connectivity index (χ1) is 8.65. The molecule has 0 saturated carbocycles. The molecule has 18 heavy (non-hydrogen) atoms. The lowest BCUT2D eigenvalue weighted by Crippen LogP contribution is -2.32. The molecule has 0 heterocycles. The average molecular weight is 269 g/mol. The first kappa shape index (κ1) is 12.9. The first-order valence-electron chi connectivity index (χ1n) is 5.62. The number of fused-ring (bicyclic) bond motifs is 1. The Labute approximate surface area is 110 Å². The Bertz CT molecular complexity index is 484. The number of alkyl halides is 1. The number of carbonyl (C=O) groups excluding carboxylic acids is 2. The lowest BCUT2D eigenvalue weighted by molar-refractivity contribution is -0.144. The molecule has 0 bridgehead atoms. The maximum absolute atomic E-state index is 12.1. The van der Waals surface area contributed by atoms with Crippen molar-refractivity contribution in [2.45, 2.75) is 18.9 Å². The van der Waals surface area contributed by atoms with Crippen LogP contribution in [0.5, 0.6) is 5.75 Å². The number of rotatable bonds is 3. The Balaban J connectivity index is 2.21. The molecule has 1 aliphatic carbocycles. The monoisotopic (exact) mass is 268 g/mol. The molecule has 0 aliphatic heterocycles. The first-order valence-corrected chi connectivity index (χ1v) is 6.15. The fourth-order valence-electron chi connectivity index (χ4n) is 2.04. The van der Waals surface area contributed by atoms with Gasteiger partial charge in [-0.1, -0.05) is 0 Å². The number of hydrogen-bond acceptors (Lipinski definition) is 4. The minimum atomic E-state index is -0.711. The summed E-state index contributed by atoms with van der Waals surface area (Å²) in [7, 11) is 1.58. The molecule has 0 radical (unpaired) electrons. The quantitative estimate of drug-likeness (QED) is 0.621. The van der Waals surface area contributed by atoms with E-state index >= 15 is 0 Å². The summed E-state index contributed by atoms with van der Waals surface area (Å²) in [5.41, 5.74) is 1.52. The van der Waals surface area contributed by atoms with Gasteiger partial charge in [0.25, 0.3) is 0 Å². The highest BCUT2D eigenvalue weighted by molar-refractivity contribution is 6.26. The summed E-state index contributed by atoms with van der Waals surface area (Å²) >= 11 is 5.36. The number of hydrogen-bond donors (Lipinski definition) is 0. The molecule has 0 spiro atoms. The van der Waals surface area contributed by atoms with Gasteiger partial charge >= 0.3 is 5.97 Å². The van der Waals surface area contributed by atoms with Gasteiger partial charge in [0.05, 0.1) is 7.11 Å². The smallest absolute Gasteiger partial charge is 0.321 e. The van der Waals surface area contributed by atoms with E-state index in [2.05, 4.69) is 0 Å². The minimum Gasteiger partial charge on any atom is -0.497 e. The van der Waals surface area contributed by atoms with Crippen molar-refractivity contribution in [3.63, 3.8) is 0 Å². The van der Waals surface area contributed by atoms with Crippen molar-refractivity contribution in [2.75, 3.05) is 13.0 Å². The van der Waals surface area contributed by atoms with Crippen LogP contribution in [0.2, 0.25) is 0 Å². The third-order valence-corrected chi connectivity index (χ3v) is 3.15. The number of halogens is 1. The van der Waals surface area contributed by atoms with Crippen molar-refractivity contribution >= 4 is 23.4 Å². The molecule has 1 aliphatic rings. The van der Waals surface area contributed by atoms with E-state index in [1.54, 1.807) is 19.2 Å². The predicted molar refractivity (Wildman–Crippen MR) is 66.2 cm³/mol. The topological polar surface area (TPSA) is 52.6 Å². The molecule has 1 aromatic carbocycles. The summed E-state index contributed by atoms with van der Waals surface area (Å²) in [6, 6.07) is 5.27. The minimum absolute atomic E-state index is 0.169. The standard InChI is InChI=1S/C13H13ClO4/c1-17-9-3-4-10-8(6-9)2-5-11(13(10)16)18-12(15)7-14/h3-4,6,11H,2,5,7H2,1H3. The van der Waals surface area contributed by atoms with Gasteiger partial charge in [-0.3, -0.25) is 9.59 Å². The summed E-state index contributed by atoms with van der Waals surface area (Å²) in [5, 5.41) is 0. The van der Waals surface area contributed by atoms with Gasteiger partial charge in [0.2, 0.25) is 5.78 Å². The van der Waals surface area contributed by atoms with Crippen molar-refractivity contribution in [3.8, 4) is 5.75 Å². The molecule has 1 aromatic rings. The highest BCUT2D eigenvalue weighted by Crippen LogP contribution is 2.27. The molecular weight excluding hydrogens is 256 g/mol. The summed E-state index contributed by atoms with van der Waals surface area (Å²) in [5.74, 6) is -0.249. The van der Waals surface area contributed by atoms with Crippen LogP contribution >= 0.6 is 11.6 Å². The van der Waals surface area contributed by atoms with Crippen LogP contribution in [0.4, 0.5) is 0 Å². The van der Waals surface area contributed by atoms with Crippen molar-refractivity contribution in [1.29, 1.82) is 0 Å². The zero-order valence-corrected chi connectivity index (χ0v) is 10.7. The Morgan fingerprint density at radius 1 is 1.50 bits per heavy atom. The number of Topliss-reactive ketones (excluding diaryl/α,β-unsaturated/α-hetero) is 1. The van der Waals surface area contributed by atoms with E-state index in [0.29, 0.717) is 18.4 Å². The molecule has 1 unspecified atom stereocenters. The van der Waals surface area contributed by atoms with Crippen molar-refractivity contribution in [2.24, 2.45) is 0 Å². The molecule has 1 atom stereocenters. The molecule has 5 heteroatoms. The number of ketones is 1. The van der Waals surface area contributed by atoms with Crippen LogP contribution in [0.15, 0.2) is 18.2 Å². The lowest BCUT2D eigenvalue weighted by atomic mass is 9.88. The van der Waals surface area contributed by atoms with Crippen LogP contribution in [0.25, 0.3) is 0 Å². The van der Waals surface area contributed by atoms with E-state index in [9.17, 15) is 9.59 Å². The van der Waals surface area contributed by atoms with Gasteiger partial charge in [0.1, 0.15) is 11.6 Å². The van der Waals surface area contributed by atoms with E-state index in [0.717, 1.165) is 11.3 Å². The number of ether oxygens (including phenoxy) is 2. The Morgan fingerprint density at radius 2 is 2.28 bits per heavy atom. The third-order valence-electron chi connectivity index (χ3n) is 2.93.